The molecular weight excluding hydrogens is 371 g/mol. The van der Waals surface area contributed by atoms with Crippen LogP contribution in [0.15, 0.2) is 59.8 Å². The number of nitrogens with one attached hydrogen (secondary N) is 1. The molecule has 0 saturated heterocycles. The van der Waals surface area contributed by atoms with Crippen LogP contribution in [0.1, 0.15) is 10.4 Å². The average molecular weight is 386 g/mol. The first kappa shape index (κ1) is 18.5. The highest BCUT2D eigenvalue weighted by molar-refractivity contribution is 7.90. The number of anilines is 2. The van der Waals surface area contributed by atoms with Gasteiger partial charge in [-0.25, -0.2) is 22.8 Å². The zero-order chi connectivity index (χ0) is 19.6. The van der Waals surface area contributed by atoms with E-state index in [4.69, 9.17) is 5.73 Å². The number of benzene rings is 2. The van der Waals surface area contributed by atoms with Gasteiger partial charge in [0.25, 0.3) is 5.91 Å². The molecule has 0 radical (unpaired) electrons. The summed E-state index contributed by atoms with van der Waals surface area (Å²) in [6.07, 6.45) is 2.34. The first-order valence-corrected chi connectivity index (χ1v) is 9.61. The van der Waals surface area contributed by atoms with E-state index >= 15 is 0 Å². The molecule has 9 heteroatoms. The molecule has 7 nitrogen and oxygen atoms in total. The van der Waals surface area contributed by atoms with Gasteiger partial charge in [0.05, 0.1) is 10.6 Å². The minimum atomic E-state index is -3.33. The van der Waals surface area contributed by atoms with E-state index in [2.05, 4.69) is 15.3 Å². The lowest BCUT2D eigenvalue weighted by Gasteiger charge is -2.08. The number of nitrogens with two attached hydrogens (primary N) is 1. The predicted molar refractivity (Wildman–Crippen MR) is 99.3 cm³/mol. The maximum absolute atomic E-state index is 14.0. The lowest BCUT2D eigenvalue weighted by atomic mass is 10.1. The predicted octanol–water partition coefficient (Wildman–Crippen LogP) is 2.52. The molecule has 0 unspecified atom stereocenters. The molecular formula is C18H15FN4O3S. The monoisotopic (exact) mass is 386 g/mol. The SMILES string of the molecule is CS(=O)(=O)c1ccc(NC(=O)c2cc(F)cc(-c3cc(N)ncn3)c2)cc1. The number of halogens is 1. The molecule has 3 N–H and O–H groups in total. The second-order valence-corrected chi connectivity index (χ2v) is 7.82. The Bertz CT molecular complexity index is 1120. The number of aromatic nitrogens is 2. The Morgan fingerprint density at radius 1 is 1.07 bits per heavy atom. The molecule has 0 spiro atoms. The lowest BCUT2D eigenvalue weighted by molar-refractivity contribution is 0.102. The maximum Gasteiger partial charge on any atom is 0.255 e. The normalized spacial score (nSPS) is 11.2. The van der Waals surface area contributed by atoms with Crippen LogP contribution in [-0.2, 0) is 9.84 Å². The van der Waals surface area contributed by atoms with E-state index in [1.165, 1.54) is 48.8 Å². The van der Waals surface area contributed by atoms with Crippen molar-refractivity contribution in [3.63, 3.8) is 0 Å². The largest absolute Gasteiger partial charge is 0.384 e. The van der Waals surface area contributed by atoms with Gasteiger partial charge in [0, 0.05) is 29.1 Å². The molecule has 0 bridgehead atoms. The fourth-order valence-corrected chi connectivity index (χ4v) is 3.02. The molecule has 0 aliphatic rings. The number of carbonyl (C=O) groups is 1. The van der Waals surface area contributed by atoms with Gasteiger partial charge in [-0.3, -0.25) is 4.79 Å². The first-order valence-electron chi connectivity index (χ1n) is 7.72. The van der Waals surface area contributed by atoms with E-state index < -0.39 is 21.6 Å². The topological polar surface area (TPSA) is 115 Å². The molecule has 0 fully saturated rings. The molecule has 2 aromatic carbocycles. The van der Waals surface area contributed by atoms with Crippen molar-refractivity contribution in [3.05, 3.63) is 66.2 Å². The Hall–Kier alpha value is -3.33. The fraction of sp³-hybridized carbons (Fsp3) is 0.0556. The van der Waals surface area contributed by atoms with E-state index in [9.17, 15) is 17.6 Å². The molecule has 27 heavy (non-hydrogen) atoms. The molecule has 138 valence electrons. The van der Waals surface area contributed by atoms with Crippen molar-refractivity contribution in [1.29, 1.82) is 0 Å². The summed E-state index contributed by atoms with van der Waals surface area (Å²) in [5.41, 5.74) is 6.83. The second-order valence-electron chi connectivity index (χ2n) is 5.81. The number of nitrogen functional groups attached to an aromatic ring is 1. The molecule has 0 aliphatic heterocycles. The van der Waals surface area contributed by atoms with Gasteiger partial charge in [-0.15, -0.1) is 0 Å². The summed E-state index contributed by atoms with van der Waals surface area (Å²) in [7, 11) is -3.33. The molecule has 0 saturated carbocycles. The number of hydrogen-bond donors (Lipinski definition) is 2. The van der Waals surface area contributed by atoms with Gasteiger partial charge in [-0.1, -0.05) is 0 Å². The van der Waals surface area contributed by atoms with Crippen molar-refractivity contribution < 1.29 is 17.6 Å². The summed E-state index contributed by atoms with van der Waals surface area (Å²) in [6.45, 7) is 0. The van der Waals surface area contributed by atoms with Crippen LogP contribution in [-0.4, -0.2) is 30.5 Å². The lowest BCUT2D eigenvalue weighted by Crippen LogP contribution is -2.12. The Morgan fingerprint density at radius 3 is 2.41 bits per heavy atom. The number of rotatable bonds is 4. The average Bonchev–Trinajstić information content (AvgIpc) is 2.61. The van der Waals surface area contributed by atoms with Gasteiger partial charge < -0.3 is 11.1 Å². The third-order valence-corrected chi connectivity index (χ3v) is 4.81. The van der Waals surface area contributed by atoms with E-state index in [-0.39, 0.29) is 16.3 Å². The van der Waals surface area contributed by atoms with Crippen molar-refractivity contribution in [3.8, 4) is 11.3 Å². The highest BCUT2D eigenvalue weighted by Crippen LogP contribution is 2.22. The molecule has 1 heterocycles. The standard InChI is InChI=1S/C18H15FN4O3S/c1-27(25,26)15-4-2-14(3-5-15)23-18(24)12-6-11(7-13(19)8-12)16-9-17(20)22-10-21-16/h2-10H,1H3,(H,23,24)(H2,20,21,22). The molecule has 0 aliphatic carbocycles. The van der Waals surface area contributed by atoms with Crippen LogP contribution in [0.5, 0.6) is 0 Å². The zero-order valence-electron chi connectivity index (χ0n) is 14.2. The van der Waals surface area contributed by atoms with Crippen molar-refractivity contribution >= 4 is 27.2 Å². The van der Waals surface area contributed by atoms with E-state index in [1.807, 2.05) is 0 Å². The van der Waals surface area contributed by atoms with E-state index in [0.29, 0.717) is 16.9 Å². The van der Waals surface area contributed by atoms with E-state index in [0.717, 1.165) is 12.3 Å². The number of hydrogen-bond acceptors (Lipinski definition) is 6. The third-order valence-electron chi connectivity index (χ3n) is 3.68. The van der Waals surface area contributed by atoms with Gasteiger partial charge in [-0.05, 0) is 42.5 Å². The number of carbonyl (C=O) groups excluding carboxylic acids is 1. The van der Waals surface area contributed by atoms with Gasteiger partial charge in [-0.2, -0.15) is 0 Å². The van der Waals surface area contributed by atoms with Crippen molar-refractivity contribution in [2.45, 2.75) is 4.90 Å². The van der Waals surface area contributed by atoms with Crippen molar-refractivity contribution in [1.82, 2.24) is 9.97 Å². The summed E-state index contributed by atoms with van der Waals surface area (Å²) >= 11 is 0. The highest BCUT2D eigenvalue weighted by Gasteiger charge is 2.12. The zero-order valence-corrected chi connectivity index (χ0v) is 15.0. The Morgan fingerprint density at radius 2 is 1.78 bits per heavy atom. The first-order chi connectivity index (χ1) is 12.7. The van der Waals surface area contributed by atoms with Crippen LogP contribution in [0, 0.1) is 5.82 Å². The van der Waals surface area contributed by atoms with Crippen LogP contribution < -0.4 is 11.1 Å². The van der Waals surface area contributed by atoms with Crippen molar-refractivity contribution in [2.75, 3.05) is 17.3 Å². The van der Waals surface area contributed by atoms with Crippen LogP contribution in [0.2, 0.25) is 0 Å². The molecule has 0 atom stereocenters. The summed E-state index contributed by atoms with van der Waals surface area (Å²) in [5, 5.41) is 2.60. The summed E-state index contributed by atoms with van der Waals surface area (Å²) in [6, 6.07) is 11.0. The molecule has 1 aromatic heterocycles. The highest BCUT2D eigenvalue weighted by atomic mass is 32.2. The van der Waals surface area contributed by atoms with Gasteiger partial charge in [0.1, 0.15) is 18.0 Å². The van der Waals surface area contributed by atoms with Crippen LogP contribution in [0.25, 0.3) is 11.3 Å². The summed E-state index contributed by atoms with van der Waals surface area (Å²) < 4.78 is 36.9. The second kappa shape index (κ2) is 7.12. The molecule has 3 rings (SSSR count). The van der Waals surface area contributed by atoms with Gasteiger partial charge in [0.2, 0.25) is 0 Å². The number of amides is 1. The minimum absolute atomic E-state index is 0.0781. The van der Waals surface area contributed by atoms with E-state index in [1.54, 1.807) is 0 Å². The Kier molecular flexibility index (Phi) is 4.87. The van der Waals surface area contributed by atoms with Gasteiger partial charge >= 0.3 is 0 Å². The van der Waals surface area contributed by atoms with Crippen molar-refractivity contribution in [2.24, 2.45) is 0 Å². The Labute approximate surface area is 155 Å². The smallest absolute Gasteiger partial charge is 0.255 e. The Balaban J connectivity index is 1.87. The maximum atomic E-state index is 14.0. The number of sulfone groups is 1. The number of nitrogens with zero attached hydrogens (tertiary/aromatic N) is 2. The minimum Gasteiger partial charge on any atom is -0.384 e. The fourth-order valence-electron chi connectivity index (χ4n) is 2.39. The van der Waals surface area contributed by atoms with Crippen LogP contribution >= 0.6 is 0 Å². The summed E-state index contributed by atoms with van der Waals surface area (Å²) in [5.74, 6) is -0.937. The summed E-state index contributed by atoms with van der Waals surface area (Å²) in [4.78, 5) is 20.4. The quantitative estimate of drug-likeness (QED) is 0.712. The molecule has 1 amide bonds. The molecule has 3 aromatic rings. The van der Waals surface area contributed by atoms with Gasteiger partial charge in [0.15, 0.2) is 9.84 Å². The van der Waals surface area contributed by atoms with Crippen LogP contribution in [0.4, 0.5) is 15.9 Å². The van der Waals surface area contributed by atoms with Crippen LogP contribution in [0.3, 0.4) is 0 Å². The third kappa shape index (κ3) is 4.45.